The molecule has 0 radical (unpaired) electrons. The molecule has 2 heterocycles. The summed E-state index contributed by atoms with van der Waals surface area (Å²) in [4.78, 5) is 16.4. The SMILES string of the molecule is CC(C)(C)OC(=O)N1CCN(c2cccc3c2CC2(C3)OC=CO2)CC1. The lowest BCUT2D eigenvalue weighted by Crippen LogP contribution is -2.50. The summed E-state index contributed by atoms with van der Waals surface area (Å²) in [5.41, 5.74) is 3.34. The fourth-order valence-electron chi connectivity index (χ4n) is 3.86. The number of piperazine rings is 1. The fourth-order valence-corrected chi connectivity index (χ4v) is 3.86. The molecule has 0 atom stereocenters. The Morgan fingerprint density at radius 3 is 2.42 bits per heavy atom. The number of ether oxygens (including phenoxy) is 3. The highest BCUT2D eigenvalue weighted by molar-refractivity contribution is 5.69. The van der Waals surface area contributed by atoms with Gasteiger partial charge < -0.3 is 24.0 Å². The minimum Gasteiger partial charge on any atom is -0.456 e. The Morgan fingerprint density at radius 2 is 1.77 bits per heavy atom. The molecule has 6 nitrogen and oxygen atoms in total. The van der Waals surface area contributed by atoms with Crippen molar-refractivity contribution in [2.24, 2.45) is 0 Å². The standard InChI is InChI=1S/C20H26N2O4/c1-19(2,3)26-18(23)22-9-7-21(8-10-22)17-6-4-5-15-13-20(14-16(15)17)24-11-12-25-20/h4-6,11-12H,7-10,13-14H2,1-3H3. The van der Waals surface area contributed by atoms with Gasteiger partial charge in [-0.1, -0.05) is 12.1 Å². The Bertz CT molecular complexity index is 722. The molecule has 0 aromatic heterocycles. The summed E-state index contributed by atoms with van der Waals surface area (Å²) in [6.07, 6.45) is 4.54. The number of benzene rings is 1. The van der Waals surface area contributed by atoms with Crippen LogP contribution in [0.1, 0.15) is 31.9 Å². The van der Waals surface area contributed by atoms with Gasteiger partial charge in [0, 0.05) is 31.9 Å². The molecule has 140 valence electrons. The second-order valence-electron chi connectivity index (χ2n) is 8.14. The van der Waals surface area contributed by atoms with E-state index in [-0.39, 0.29) is 6.09 Å². The Balaban J connectivity index is 1.44. The average molecular weight is 358 g/mol. The molecule has 3 aliphatic rings. The zero-order valence-corrected chi connectivity index (χ0v) is 15.7. The van der Waals surface area contributed by atoms with Crippen LogP contribution in [0.3, 0.4) is 0 Å². The number of nitrogens with zero attached hydrogens (tertiary/aromatic N) is 2. The highest BCUT2D eigenvalue weighted by atomic mass is 16.7. The zero-order valence-electron chi connectivity index (χ0n) is 15.7. The number of carbonyl (C=O) groups excluding carboxylic acids is 1. The molecule has 1 amide bonds. The van der Waals surface area contributed by atoms with Crippen molar-refractivity contribution in [1.82, 2.24) is 4.90 Å². The van der Waals surface area contributed by atoms with E-state index in [0.717, 1.165) is 25.9 Å². The van der Waals surface area contributed by atoms with Crippen LogP contribution in [0.2, 0.25) is 0 Å². The lowest BCUT2D eigenvalue weighted by molar-refractivity contribution is -0.131. The molecule has 0 saturated carbocycles. The fraction of sp³-hybridized carbons (Fsp3) is 0.550. The molecule has 4 rings (SSSR count). The predicted octanol–water partition coefficient (Wildman–Crippen LogP) is 3.06. The second-order valence-corrected chi connectivity index (χ2v) is 8.14. The van der Waals surface area contributed by atoms with Crippen LogP contribution in [0.4, 0.5) is 10.5 Å². The predicted molar refractivity (Wildman–Crippen MR) is 97.9 cm³/mol. The van der Waals surface area contributed by atoms with Crippen molar-refractivity contribution in [3.05, 3.63) is 41.9 Å². The van der Waals surface area contributed by atoms with E-state index in [2.05, 4.69) is 23.1 Å². The lowest BCUT2D eigenvalue weighted by Gasteiger charge is -2.37. The number of amides is 1. The maximum atomic E-state index is 12.3. The van der Waals surface area contributed by atoms with E-state index in [4.69, 9.17) is 14.2 Å². The van der Waals surface area contributed by atoms with Crippen molar-refractivity contribution in [1.29, 1.82) is 0 Å². The largest absolute Gasteiger partial charge is 0.456 e. The van der Waals surface area contributed by atoms with Gasteiger partial charge in [-0.2, -0.15) is 0 Å². The summed E-state index contributed by atoms with van der Waals surface area (Å²) in [5.74, 6) is -0.559. The number of hydrogen-bond acceptors (Lipinski definition) is 5. The van der Waals surface area contributed by atoms with E-state index in [0.29, 0.717) is 13.1 Å². The molecule has 1 aliphatic carbocycles. The quantitative estimate of drug-likeness (QED) is 0.772. The van der Waals surface area contributed by atoms with Crippen molar-refractivity contribution in [3.63, 3.8) is 0 Å². The molecular weight excluding hydrogens is 332 g/mol. The lowest BCUT2D eigenvalue weighted by atomic mass is 10.1. The number of hydrogen-bond donors (Lipinski definition) is 0. The first-order valence-electron chi connectivity index (χ1n) is 9.20. The van der Waals surface area contributed by atoms with Crippen LogP contribution in [0.25, 0.3) is 0 Å². The van der Waals surface area contributed by atoms with Gasteiger partial charge in [-0.05, 0) is 38.0 Å². The van der Waals surface area contributed by atoms with Gasteiger partial charge in [0.1, 0.15) is 18.1 Å². The highest BCUT2D eigenvalue weighted by Gasteiger charge is 2.44. The van der Waals surface area contributed by atoms with Crippen LogP contribution >= 0.6 is 0 Å². The van der Waals surface area contributed by atoms with Gasteiger partial charge in [0.05, 0.1) is 12.8 Å². The molecule has 1 saturated heterocycles. The van der Waals surface area contributed by atoms with Crippen LogP contribution in [-0.4, -0.2) is 48.6 Å². The summed E-state index contributed by atoms with van der Waals surface area (Å²) in [6, 6.07) is 6.40. The Hall–Kier alpha value is -2.37. The van der Waals surface area contributed by atoms with Gasteiger partial charge in [0.15, 0.2) is 0 Å². The van der Waals surface area contributed by atoms with Gasteiger partial charge in [0.25, 0.3) is 5.79 Å². The third kappa shape index (κ3) is 3.20. The Kier molecular flexibility index (Phi) is 4.01. The summed E-state index contributed by atoms with van der Waals surface area (Å²) >= 11 is 0. The molecule has 1 aromatic carbocycles. The zero-order chi connectivity index (χ0) is 18.4. The highest BCUT2D eigenvalue weighted by Crippen LogP contribution is 2.41. The number of fused-ring (bicyclic) bond motifs is 1. The van der Waals surface area contributed by atoms with Crippen LogP contribution in [-0.2, 0) is 27.1 Å². The van der Waals surface area contributed by atoms with Gasteiger partial charge in [-0.15, -0.1) is 0 Å². The van der Waals surface area contributed by atoms with Crippen LogP contribution in [0.15, 0.2) is 30.7 Å². The van der Waals surface area contributed by atoms with Gasteiger partial charge >= 0.3 is 6.09 Å². The minimum absolute atomic E-state index is 0.228. The molecule has 6 heteroatoms. The minimum atomic E-state index is -0.559. The van der Waals surface area contributed by atoms with E-state index in [1.807, 2.05) is 20.8 Å². The molecular formula is C20H26N2O4. The van der Waals surface area contributed by atoms with Gasteiger partial charge in [-0.25, -0.2) is 4.79 Å². The number of rotatable bonds is 1. The summed E-state index contributed by atoms with van der Waals surface area (Å²) < 4.78 is 16.9. The first kappa shape index (κ1) is 17.1. The van der Waals surface area contributed by atoms with Crippen molar-refractivity contribution in [3.8, 4) is 0 Å². The van der Waals surface area contributed by atoms with E-state index in [1.54, 1.807) is 17.4 Å². The van der Waals surface area contributed by atoms with Crippen molar-refractivity contribution in [2.75, 3.05) is 31.1 Å². The van der Waals surface area contributed by atoms with E-state index in [1.165, 1.54) is 16.8 Å². The molecule has 26 heavy (non-hydrogen) atoms. The molecule has 1 aromatic rings. The molecule has 2 aliphatic heterocycles. The maximum Gasteiger partial charge on any atom is 0.410 e. The van der Waals surface area contributed by atoms with Gasteiger partial charge in [0.2, 0.25) is 0 Å². The van der Waals surface area contributed by atoms with Crippen LogP contribution in [0.5, 0.6) is 0 Å². The molecule has 0 bridgehead atoms. The van der Waals surface area contributed by atoms with Gasteiger partial charge in [-0.3, -0.25) is 0 Å². The third-order valence-electron chi connectivity index (χ3n) is 5.05. The van der Waals surface area contributed by atoms with Crippen molar-refractivity contribution >= 4 is 11.8 Å². The molecule has 1 spiro atoms. The summed E-state index contributed by atoms with van der Waals surface area (Å²) in [6.45, 7) is 8.60. The smallest absolute Gasteiger partial charge is 0.410 e. The van der Waals surface area contributed by atoms with E-state index < -0.39 is 11.4 Å². The first-order valence-corrected chi connectivity index (χ1v) is 9.20. The average Bonchev–Trinajstić information content (AvgIpc) is 3.19. The number of carbonyl (C=O) groups is 1. The first-order chi connectivity index (χ1) is 12.4. The van der Waals surface area contributed by atoms with E-state index in [9.17, 15) is 4.79 Å². The summed E-state index contributed by atoms with van der Waals surface area (Å²) in [5, 5.41) is 0. The van der Waals surface area contributed by atoms with E-state index >= 15 is 0 Å². The summed E-state index contributed by atoms with van der Waals surface area (Å²) in [7, 11) is 0. The Morgan fingerprint density at radius 1 is 1.08 bits per heavy atom. The monoisotopic (exact) mass is 358 g/mol. The topological polar surface area (TPSA) is 51.2 Å². The maximum absolute atomic E-state index is 12.3. The van der Waals surface area contributed by atoms with Crippen molar-refractivity contribution in [2.45, 2.75) is 45.0 Å². The second kappa shape index (κ2) is 6.11. The van der Waals surface area contributed by atoms with Crippen molar-refractivity contribution < 1.29 is 19.0 Å². The molecule has 0 N–H and O–H groups in total. The third-order valence-corrected chi connectivity index (χ3v) is 5.05. The number of anilines is 1. The van der Waals surface area contributed by atoms with Crippen LogP contribution in [0, 0.1) is 0 Å². The molecule has 1 fully saturated rings. The normalized spacial score (nSPS) is 20.7. The Labute approximate surface area is 154 Å². The molecule has 0 unspecified atom stereocenters. The van der Waals surface area contributed by atoms with Crippen LogP contribution < -0.4 is 4.90 Å².